The fourth-order valence-electron chi connectivity index (χ4n) is 5.79. The zero-order valence-electron chi connectivity index (χ0n) is 15.4. The number of amides is 1. The quantitative estimate of drug-likeness (QED) is 0.731. The topological polar surface area (TPSA) is 75.6 Å². The monoisotopic (exact) mass is 391 g/mol. The van der Waals surface area contributed by atoms with Crippen LogP contribution in [0.4, 0.5) is 0 Å². The predicted molar refractivity (Wildman–Crippen MR) is 101 cm³/mol. The molecular weight excluding hydrogens is 366 g/mol. The van der Waals surface area contributed by atoms with Gasteiger partial charge < -0.3 is 15.2 Å². The summed E-state index contributed by atoms with van der Waals surface area (Å²) >= 11 is 5.85. The molecule has 27 heavy (non-hydrogen) atoms. The van der Waals surface area contributed by atoms with E-state index in [1.165, 1.54) is 0 Å². The molecule has 0 aromatic heterocycles. The first-order valence-corrected chi connectivity index (χ1v) is 10.1. The molecule has 1 aromatic rings. The van der Waals surface area contributed by atoms with E-state index in [1.807, 2.05) is 24.3 Å². The van der Waals surface area contributed by atoms with Crippen molar-refractivity contribution >= 4 is 23.5 Å². The van der Waals surface area contributed by atoms with Crippen molar-refractivity contribution in [3.05, 3.63) is 34.9 Å². The van der Waals surface area contributed by atoms with Gasteiger partial charge in [-0.1, -0.05) is 23.7 Å². The SMILES string of the molecule is O=C(COC(=O)C12C[C@@H]3C[C@@H](CC(O)(C3)C1)C2)NCCc1ccc(Cl)cc1. The highest BCUT2D eigenvalue weighted by atomic mass is 35.5. The number of benzene rings is 1. The van der Waals surface area contributed by atoms with Crippen LogP contribution < -0.4 is 5.32 Å². The zero-order chi connectivity index (χ0) is 19.1. The molecule has 4 saturated carbocycles. The van der Waals surface area contributed by atoms with Crippen LogP contribution in [0, 0.1) is 17.3 Å². The Morgan fingerprint density at radius 1 is 1.15 bits per heavy atom. The number of hydrogen-bond acceptors (Lipinski definition) is 4. The van der Waals surface area contributed by atoms with Crippen LogP contribution in [0.2, 0.25) is 5.02 Å². The summed E-state index contributed by atoms with van der Waals surface area (Å²) in [6, 6.07) is 7.48. The van der Waals surface area contributed by atoms with Crippen molar-refractivity contribution in [3.8, 4) is 0 Å². The van der Waals surface area contributed by atoms with Crippen molar-refractivity contribution in [1.82, 2.24) is 5.32 Å². The molecule has 0 aliphatic heterocycles. The summed E-state index contributed by atoms with van der Waals surface area (Å²) in [4.78, 5) is 24.8. The van der Waals surface area contributed by atoms with Gasteiger partial charge in [0.15, 0.2) is 6.61 Å². The molecule has 4 atom stereocenters. The Bertz CT molecular complexity index is 718. The number of carbonyl (C=O) groups excluding carboxylic acids is 2. The number of rotatable bonds is 6. The average Bonchev–Trinajstić information content (AvgIpc) is 2.59. The van der Waals surface area contributed by atoms with Crippen LogP contribution >= 0.6 is 11.6 Å². The Kier molecular flexibility index (Phi) is 4.93. The van der Waals surface area contributed by atoms with Gasteiger partial charge in [0.25, 0.3) is 5.91 Å². The Labute approximate surface area is 164 Å². The Hall–Kier alpha value is -1.59. The van der Waals surface area contributed by atoms with Crippen LogP contribution in [-0.2, 0) is 20.7 Å². The van der Waals surface area contributed by atoms with Crippen molar-refractivity contribution < 1.29 is 19.4 Å². The van der Waals surface area contributed by atoms with E-state index >= 15 is 0 Å². The minimum atomic E-state index is -0.704. The van der Waals surface area contributed by atoms with Gasteiger partial charge >= 0.3 is 5.97 Å². The van der Waals surface area contributed by atoms with Gasteiger partial charge in [-0.2, -0.15) is 0 Å². The maximum atomic E-state index is 12.7. The lowest BCUT2D eigenvalue weighted by Crippen LogP contribution is -2.58. The molecule has 0 radical (unpaired) electrons. The third kappa shape index (κ3) is 3.99. The molecule has 0 spiro atoms. The van der Waals surface area contributed by atoms with E-state index in [4.69, 9.17) is 16.3 Å². The largest absolute Gasteiger partial charge is 0.455 e. The average molecular weight is 392 g/mol. The minimum absolute atomic E-state index is 0.255. The van der Waals surface area contributed by atoms with Gasteiger partial charge in [-0.25, -0.2) is 0 Å². The third-order valence-electron chi connectivity index (χ3n) is 6.45. The molecule has 6 heteroatoms. The first kappa shape index (κ1) is 18.8. The number of ether oxygens (including phenoxy) is 1. The van der Waals surface area contributed by atoms with Crippen LogP contribution in [0.1, 0.15) is 44.1 Å². The maximum Gasteiger partial charge on any atom is 0.312 e. The number of carbonyl (C=O) groups is 2. The second kappa shape index (κ2) is 7.10. The van der Waals surface area contributed by atoms with E-state index in [2.05, 4.69) is 5.32 Å². The van der Waals surface area contributed by atoms with Gasteiger partial charge in [-0.05, 0) is 74.5 Å². The molecule has 4 aliphatic rings. The van der Waals surface area contributed by atoms with Crippen molar-refractivity contribution in [2.75, 3.05) is 13.2 Å². The standard InChI is InChI=1S/C21H26ClNO4/c22-17-3-1-14(2-4-17)5-6-23-18(24)12-27-19(25)20-8-15-7-16(9-20)11-21(26,10-15)13-20/h1-4,15-16,26H,5-13H2,(H,23,24)/t15-,16+,20?,21?. The number of aliphatic hydroxyl groups is 1. The summed E-state index contributed by atoms with van der Waals surface area (Å²) in [6.07, 6.45) is 5.50. The highest BCUT2D eigenvalue weighted by molar-refractivity contribution is 6.30. The molecule has 5 rings (SSSR count). The lowest BCUT2D eigenvalue weighted by molar-refractivity contribution is -0.196. The summed E-state index contributed by atoms with van der Waals surface area (Å²) in [7, 11) is 0. The van der Waals surface area contributed by atoms with E-state index in [9.17, 15) is 14.7 Å². The predicted octanol–water partition coefficient (Wildman–Crippen LogP) is 2.87. The van der Waals surface area contributed by atoms with Crippen LogP contribution in [0.3, 0.4) is 0 Å². The van der Waals surface area contributed by atoms with Gasteiger partial charge in [0.05, 0.1) is 11.0 Å². The van der Waals surface area contributed by atoms with Crippen LogP contribution in [0.5, 0.6) is 0 Å². The molecule has 4 bridgehead atoms. The number of esters is 1. The lowest BCUT2D eigenvalue weighted by Gasteiger charge is -2.58. The highest BCUT2D eigenvalue weighted by Gasteiger charge is 2.60. The minimum Gasteiger partial charge on any atom is -0.455 e. The number of halogens is 1. The molecule has 5 nitrogen and oxygen atoms in total. The van der Waals surface area contributed by atoms with Gasteiger partial charge in [0, 0.05) is 11.6 Å². The van der Waals surface area contributed by atoms with Crippen molar-refractivity contribution in [3.63, 3.8) is 0 Å². The highest BCUT2D eigenvalue weighted by Crippen LogP contribution is 2.61. The van der Waals surface area contributed by atoms with Crippen molar-refractivity contribution in [2.45, 2.75) is 50.5 Å². The van der Waals surface area contributed by atoms with E-state index in [1.54, 1.807) is 0 Å². The van der Waals surface area contributed by atoms with Gasteiger partial charge in [-0.3, -0.25) is 9.59 Å². The van der Waals surface area contributed by atoms with E-state index in [-0.39, 0.29) is 18.5 Å². The molecular formula is C21H26ClNO4. The molecule has 1 amide bonds. The summed E-state index contributed by atoms with van der Waals surface area (Å²) in [5, 5.41) is 14.2. The van der Waals surface area contributed by atoms with Gasteiger partial charge in [0.1, 0.15) is 0 Å². The van der Waals surface area contributed by atoms with Crippen LogP contribution in [-0.4, -0.2) is 35.7 Å². The van der Waals surface area contributed by atoms with Crippen molar-refractivity contribution in [1.29, 1.82) is 0 Å². The smallest absolute Gasteiger partial charge is 0.312 e. The van der Waals surface area contributed by atoms with Gasteiger partial charge in [0.2, 0.25) is 0 Å². The molecule has 4 fully saturated rings. The zero-order valence-corrected chi connectivity index (χ0v) is 16.1. The van der Waals surface area contributed by atoms with E-state index in [0.717, 1.165) is 37.7 Å². The fourth-order valence-corrected chi connectivity index (χ4v) is 5.91. The van der Waals surface area contributed by atoms with Crippen molar-refractivity contribution in [2.24, 2.45) is 17.3 Å². The number of nitrogens with one attached hydrogen (secondary N) is 1. The van der Waals surface area contributed by atoms with E-state index in [0.29, 0.717) is 36.2 Å². The molecule has 146 valence electrons. The number of hydrogen-bond donors (Lipinski definition) is 2. The molecule has 2 N–H and O–H groups in total. The molecule has 2 unspecified atom stereocenters. The van der Waals surface area contributed by atoms with E-state index < -0.39 is 11.0 Å². The summed E-state index contributed by atoms with van der Waals surface area (Å²) in [5.74, 6) is 0.234. The Morgan fingerprint density at radius 2 is 1.81 bits per heavy atom. The summed E-state index contributed by atoms with van der Waals surface area (Å²) in [5.41, 5.74) is -0.203. The van der Waals surface area contributed by atoms with Crippen LogP contribution in [0.15, 0.2) is 24.3 Å². The summed E-state index contributed by atoms with van der Waals surface area (Å²) < 4.78 is 5.37. The summed E-state index contributed by atoms with van der Waals surface area (Å²) in [6.45, 7) is 0.224. The second-order valence-electron chi connectivity index (χ2n) is 8.77. The second-order valence-corrected chi connectivity index (χ2v) is 9.20. The van der Waals surface area contributed by atoms with Gasteiger partial charge in [-0.15, -0.1) is 0 Å². The van der Waals surface area contributed by atoms with Crippen LogP contribution in [0.25, 0.3) is 0 Å². The fraction of sp³-hybridized carbons (Fsp3) is 0.619. The first-order chi connectivity index (χ1) is 12.9. The first-order valence-electron chi connectivity index (χ1n) is 9.77. The maximum absolute atomic E-state index is 12.7. The third-order valence-corrected chi connectivity index (χ3v) is 6.70. The normalized spacial score (nSPS) is 33.7. The molecule has 4 aliphatic carbocycles. The molecule has 0 saturated heterocycles. The molecule has 0 heterocycles. The Balaban J connectivity index is 1.24. The lowest BCUT2D eigenvalue weighted by atomic mass is 9.48. The molecule has 1 aromatic carbocycles. The Morgan fingerprint density at radius 3 is 2.44 bits per heavy atom.